The van der Waals surface area contributed by atoms with Crippen molar-refractivity contribution < 1.29 is 4.42 Å². The number of hydrogen-bond donors (Lipinski definition) is 0. The standard InChI is InChI=1S/C13H8N4O.C2H6/c1-2-5-10-9(4-1)13-15-12(11-6-3-7-18-11)16-17(13)8-14-10;1-2/h1-8H;1-2H3. The lowest BCUT2D eigenvalue weighted by Gasteiger charge is -1.96. The van der Waals surface area contributed by atoms with Gasteiger partial charge in [0, 0.05) is 5.39 Å². The van der Waals surface area contributed by atoms with E-state index in [1.165, 1.54) is 0 Å². The third kappa shape index (κ3) is 1.93. The van der Waals surface area contributed by atoms with Crippen LogP contribution in [-0.2, 0) is 0 Å². The lowest BCUT2D eigenvalue weighted by Crippen LogP contribution is -1.90. The minimum atomic E-state index is 0.568. The Morgan fingerprint density at radius 1 is 1.05 bits per heavy atom. The number of rotatable bonds is 1. The van der Waals surface area contributed by atoms with Crippen LogP contribution < -0.4 is 0 Å². The van der Waals surface area contributed by atoms with E-state index in [9.17, 15) is 0 Å². The van der Waals surface area contributed by atoms with E-state index in [-0.39, 0.29) is 0 Å². The second kappa shape index (κ2) is 5.13. The molecule has 0 fully saturated rings. The van der Waals surface area contributed by atoms with Gasteiger partial charge in [-0.05, 0) is 24.3 Å². The molecule has 5 nitrogen and oxygen atoms in total. The van der Waals surface area contributed by atoms with Gasteiger partial charge in [-0.2, -0.15) is 0 Å². The molecule has 3 heterocycles. The van der Waals surface area contributed by atoms with Crippen LogP contribution in [0.5, 0.6) is 0 Å². The molecule has 0 amide bonds. The van der Waals surface area contributed by atoms with Crippen molar-refractivity contribution in [2.24, 2.45) is 0 Å². The Bertz CT molecular complexity index is 833. The molecule has 100 valence electrons. The van der Waals surface area contributed by atoms with Gasteiger partial charge in [-0.1, -0.05) is 26.0 Å². The molecule has 0 N–H and O–H groups in total. The summed E-state index contributed by atoms with van der Waals surface area (Å²) in [6, 6.07) is 11.5. The number of hydrogen-bond acceptors (Lipinski definition) is 4. The Kier molecular flexibility index (Phi) is 3.16. The van der Waals surface area contributed by atoms with Gasteiger partial charge in [0.15, 0.2) is 11.4 Å². The predicted octanol–water partition coefficient (Wildman–Crippen LogP) is 3.56. The Morgan fingerprint density at radius 3 is 2.70 bits per heavy atom. The first-order chi connectivity index (χ1) is 9.92. The maximum Gasteiger partial charge on any atom is 0.217 e. The van der Waals surface area contributed by atoms with E-state index in [1.54, 1.807) is 17.1 Å². The number of benzene rings is 1. The van der Waals surface area contributed by atoms with Crippen molar-refractivity contribution in [3.63, 3.8) is 0 Å². The number of furan rings is 1. The summed E-state index contributed by atoms with van der Waals surface area (Å²) in [7, 11) is 0. The molecule has 20 heavy (non-hydrogen) atoms. The maximum atomic E-state index is 5.30. The van der Waals surface area contributed by atoms with Crippen molar-refractivity contribution >= 4 is 16.6 Å². The molecule has 0 saturated heterocycles. The van der Waals surface area contributed by atoms with Crippen molar-refractivity contribution in [1.82, 2.24) is 19.6 Å². The van der Waals surface area contributed by atoms with Gasteiger partial charge in [0.05, 0.1) is 11.8 Å². The minimum absolute atomic E-state index is 0.568. The van der Waals surface area contributed by atoms with Gasteiger partial charge in [-0.25, -0.2) is 14.5 Å². The molecule has 5 heteroatoms. The van der Waals surface area contributed by atoms with Gasteiger partial charge < -0.3 is 4.42 Å². The topological polar surface area (TPSA) is 56.2 Å². The zero-order valence-corrected chi connectivity index (χ0v) is 11.3. The smallest absolute Gasteiger partial charge is 0.217 e. The lowest BCUT2D eigenvalue weighted by atomic mass is 10.2. The molecular weight excluding hydrogens is 252 g/mol. The summed E-state index contributed by atoms with van der Waals surface area (Å²) in [4.78, 5) is 8.84. The Labute approximate surface area is 115 Å². The fourth-order valence-electron chi connectivity index (χ4n) is 1.99. The van der Waals surface area contributed by atoms with Crippen LogP contribution in [-0.4, -0.2) is 19.6 Å². The van der Waals surface area contributed by atoms with E-state index in [0.717, 1.165) is 16.6 Å². The first-order valence-electron chi connectivity index (χ1n) is 6.56. The van der Waals surface area contributed by atoms with Gasteiger partial charge >= 0.3 is 0 Å². The highest BCUT2D eigenvalue weighted by Crippen LogP contribution is 2.20. The second-order valence-electron chi connectivity index (χ2n) is 3.94. The molecule has 0 spiro atoms. The van der Waals surface area contributed by atoms with Crippen LogP contribution in [0.2, 0.25) is 0 Å². The van der Waals surface area contributed by atoms with Crippen LogP contribution >= 0.6 is 0 Å². The summed E-state index contributed by atoms with van der Waals surface area (Å²) in [5.74, 6) is 1.22. The van der Waals surface area contributed by atoms with Gasteiger partial charge in [0.2, 0.25) is 5.82 Å². The SMILES string of the molecule is CC.c1coc(-c2nc3c4ccccc4ncn3n2)c1. The number of para-hydroxylation sites is 1. The van der Waals surface area contributed by atoms with Crippen molar-refractivity contribution in [2.75, 3.05) is 0 Å². The predicted molar refractivity (Wildman–Crippen MR) is 77.3 cm³/mol. The number of aromatic nitrogens is 4. The largest absolute Gasteiger partial charge is 0.461 e. The zero-order valence-electron chi connectivity index (χ0n) is 11.3. The molecule has 0 bridgehead atoms. The molecule has 0 saturated carbocycles. The van der Waals surface area contributed by atoms with Crippen LogP contribution in [0.3, 0.4) is 0 Å². The molecule has 0 radical (unpaired) electrons. The minimum Gasteiger partial charge on any atom is -0.461 e. The van der Waals surface area contributed by atoms with Crippen molar-refractivity contribution in [2.45, 2.75) is 13.8 Å². The van der Waals surface area contributed by atoms with E-state index >= 15 is 0 Å². The summed E-state index contributed by atoms with van der Waals surface area (Å²) in [5, 5.41) is 5.33. The van der Waals surface area contributed by atoms with Crippen LogP contribution in [0, 0.1) is 0 Å². The summed E-state index contributed by atoms with van der Waals surface area (Å²) in [6.45, 7) is 4.00. The Hall–Kier alpha value is -2.69. The highest BCUT2D eigenvalue weighted by Gasteiger charge is 2.11. The summed E-state index contributed by atoms with van der Waals surface area (Å²) < 4.78 is 6.97. The van der Waals surface area contributed by atoms with E-state index in [4.69, 9.17) is 4.42 Å². The second-order valence-corrected chi connectivity index (χ2v) is 3.94. The van der Waals surface area contributed by atoms with E-state index in [2.05, 4.69) is 15.1 Å². The molecule has 3 aromatic heterocycles. The molecule has 4 rings (SSSR count). The molecule has 0 aliphatic rings. The molecular formula is C15H14N4O. The quantitative estimate of drug-likeness (QED) is 0.528. The van der Waals surface area contributed by atoms with Gasteiger partial charge in [-0.15, -0.1) is 5.10 Å². The molecule has 0 atom stereocenters. The highest BCUT2D eigenvalue weighted by molar-refractivity contribution is 5.91. The molecule has 0 unspecified atom stereocenters. The third-order valence-corrected chi connectivity index (χ3v) is 2.82. The van der Waals surface area contributed by atoms with Gasteiger partial charge in [0.25, 0.3) is 0 Å². The molecule has 1 aromatic carbocycles. The Balaban J connectivity index is 0.000000581. The highest BCUT2D eigenvalue weighted by atomic mass is 16.3. The third-order valence-electron chi connectivity index (χ3n) is 2.82. The average molecular weight is 266 g/mol. The van der Waals surface area contributed by atoms with Crippen LogP contribution in [0.1, 0.15) is 13.8 Å². The first kappa shape index (κ1) is 12.3. The summed E-state index contributed by atoms with van der Waals surface area (Å²) in [6.07, 6.45) is 3.27. The molecule has 0 aliphatic carbocycles. The van der Waals surface area contributed by atoms with E-state index in [0.29, 0.717) is 11.6 Å². The normalized spacial score (nSPS) is 10.5. The summed E-state index contributed by atoms with van der Waals surface area (Å²) in [5.41, 5.74) is 1.69. The van der Waals surface area contributed by atoms with Crippen molar-refractivity contribution in [3.05, 3.63) is 49.0 Å². The lowest BCUT2D eigenvalue weighted by molar-refractivity contribution is 0.577. The Morgan fingerprint density at radius 2 is 1.90 bits per heavy atom. The van der Waals surface area contributed by atoms with Crippen molar-refractivity contribution in [3.8, 4) is 11.6 Å². The van der Waals surface area contributed by atoms with Gasteiger partial charge in [0.1, 0.15) is 6.33 Å². The van der Waals surface area contributed by atoms with Crippen LogP contribution in [0.4, 0.5) is 0 Å². The number of nitrogens with zero attached hydrogens (tertiary/aromatic N) is 4. The average Bonchev–Trinajstić information content (AvgIpc) is 3.18. The maximum absolute atomic E-state index is 5.30. The van der Waals surface area contributed by atoms with E-state index in [1.807, 2.05) is 50.2 Å². The van der Waals surface area contributed by atoms with Crippen LogP contribution in [0.25, 0.3) is 28.1 Å². The molecule has 0 aliphatic heterocycles. The number of fused-ring (bicyclic) bond motifs is 3. The summed E-state index contributed by atoms with van der Waals surface area (Å²) >= 11 is 0. The van der Waals surface area contributed by atoms with E-state index < -0.39 is 0 Å². The first-order valence-corrected chi connectivity index (χ1v) is 6.56. The zero-order chi connectivity index (χ0) is 13.9. The van der Waals surface area contributed by atoms with Crippen molar-refractivity contribution in [1.29, 1.82) is 0 Å². The van der Waals surface area contributed by atoms with Crippen LogP contribution in [0.15, 0.2) is 53.4 Å². The fraction of sp³-hybridized carbons (Fsp3) is 0.133. The molecule has 4 aromatic rings. The monoisotopic (exact) mass is 266 g/mol. The fourth-order valence-corrected chi connectivity index (χ4v) is 1.99. The van der Waals surface area contributed by atoms with Gasteiger partial charge in [-0.3, -0.25) is 0 Å².